The summed E-state index contributed by atoms with van der Waals surface area (Å²) in [5.41, 5.74) is 1.53. The largest absolute Gasteiger partial charge is 0.471 e. The first-order valence-corrected chi connectivity index (χ1v) is 19.9. The van der Waals surface area contributed by atoms with Gasteiger partial charge in [-0.15, -0.1) is 0 Å². The summed E-state index contributed by atoms with van der Waals surface area (Å²) in [6, 6.07) is 18.2. The Balaban J connectivity index is 2.13. The number of carbonyl (C=O) groups is 4. The normalized spacial score (nSPS) is 14.6. The van der Waals surface area contributed by atoms with Gasteiger partial charge in [0, 0.05) is 24.8 Å². The van der Waals surface area contributed by atoms with Gasteiger partial charge in [0.25, 0.3) is 0 Å². The molecule has 4 amide bonds. The minimum Gasteiger partial charge on any atom is -0.465 e. The highest BCUT2D eigenvalue weighted by Crippen LogP contribution is 2.36. The van der Waals surface area contributed by atoms with Crippen molar-refractivity contribution in [3.05, 3.63) is 90.1 Å². The Morgan fingerprint density at radius 2 is 1.42 bits per heavy atom. The number of benzene rings is 2. The van der Waals surface area contributed by atoms with Gasteiger partial charge in [0.15, 0.2) is 6.79 Å². The number of hydrogen-bond donors (Lipinski definition) is 6. The van der Waals surface area contributed by atoms with Gasteiger partial charge in [-0.3, -0.25) is 24.0 Å². The van der Waals surface area contributed by atoms with Crippen LogP contribution in [-0.4, -0.2) is 100.0 Å². The molecular weight excluding hydrogens is 757 g/mol. The number of amides is 4. The number of ether oxygens (including phenoxy) is 2. The predicted octanol–water partition coefficient (Wildman–Crippen LogP) is 5.14. The molecule has 6 N–H and O–H groups in total. The summed E-state index contributed by atoms with van der Waals surface area (Å²) in [5.74, 6) is -1.19. The van der Waals surface area contributed by atoms with Crippen molar-refractivity contribution in [2.75, 3.05) is 21.0 Å². The molecule has 312 valence electrons. The Kier molecular flexibility index (Phi) is 16.8. The zero-order valence-electron chi connectivity index (χ0n) is 33.7. The third-order valence-electron chi connectivity index (χ3n) is 9.17. The number of aromatic nitrogens is 1. The van der Waals surface area contributed by atoms with E-state index in [4.69, 9.17) is 14.0 Å². The number of carbonyl (C=O) groups excluding carboxylic acids is 3. The molecule has 0 aliphatic carbocycles. The number of carboxylic acid groups (broad SMARTS) is 1. The monoisotopic (exact) mass is 813 g/mol. The number of phosphoric acid groups is 1. The van der Waals surface area contributed by atoms with Crippen molar-refractivity contribution < 1.29 is 52.6 Å². The van der Waals surface area contributed by atoms with Crippen molar-refractivity contribution in [1.29, 1.82) is 0 Å². The Morgan fingerprint density at radius 1 is 0.807 bits per heavy atom. The maximum atomic E-state index is 14.2. The Morgan fingerprint density at radius 3 is 1.95 bits per heavy atom. The minimum atomic E-state index is -5.01. The van der Waals surface area contributed by atoms with Gasteiger partial charge in [0.2, 0.25) is 11.8 Å². The molecule has 0 aliphatic rings. The lowest BCUT2D eigenvalue weighted by Gasteiger charge is -2.38. The second-order valence-electron chi connectivity index (χ2n) is 15.9. The van der Waals surface area contributed by atoms with Crippen molar-refractivity contribution in [3.8, 4) is 11.3 Å². The van der Waals surface area contributed by atoms with E-state index in [9.17, 15) is 38.6 Å². The van der Waals surface area contributed by atoms with E-state index in [0.717, 1.165) is 27.3 Å². The molecule has 3 aromatic rings. The van der Waals surface area contributed by atoms with Gasteiger partial charge < -0.3 is 40.3 Å². The SMILES string of the molecule is COC(=O)N[C@H](C(=O)N[C@@H](Cc1ccc(-c2ccccn2)cc1)C[C@H](OCOP(=O)(O)O)[C@H](Cc1ccccc1)NC(=O)[C@@H](N(C)C(=O)O)C(C)(C)C)C(C)(C)C. The maximum Gasteiger partial charge on any atom is 0.471 e. The number of alkyl carbamates (subject to hydrolysis) is 1. The average Bonchev–Trinajstić information content (AvgIpc) is 3.12. The number of nitrogens with zero attached hydrogens (tertiary/aromatic N) is 2. The van der Waals surface area contributed by atoms with Gasteiger partial charge >= 0.3 is 20.0 Å². The molecule has 0 radical (unpaired) electrons. The molecule has 2 aromatic carbocycles. The third kappa shape index (κ3) is 15.2. The van der Waals surface area contributed by atoms with Gasteiger partial charge in [-0.05, 0) is 53.4 Å². The topological polar surface area (TPSA) is 226 Å². The van der Waals surface area contributed by atoms with Crippen molar-refractivity contribution >= 4 is 31.8 Å². The minimum absolute atomic E-state index is 0.0555. The standard InChI is InChI=1S/C40H56N5O11P/c1-39(2,3)33(44-37(48)54-8)35(46)42-29(22-27-17-19-28(20-18-27)30-16-12-13-21-41-30)24-32(55-25-56-57(51,52)53)31(23-26-14-10-9-11-15-26)43-36(47)34(40(4,5)6)45(7)38(49)50/h9-21,29,31-34H,22-25H2,1-8H3,(H,42,46)(H,43,47)(H,44,48)(H,49,50)(H2,51,52,53)/t29-,31-,32-,33+,34+/m0/s1. The highest BCUT2D eigenvalue weighted by atomic mass is 31.2. The molecular formula is C40H56N5O11P. The van der Waals surface area contributed by atoms with Crippen molar-refractivity contribution in [2.24, 2.45) is 10.8 Å². The molecule has 57 heavy (non-hydrogen) atoms. The molecule has 0 fully saturated rings. The fraction of sp³-hybridized carbons (Fsp3) is 0.475. The quantitative estimate of drug-likeness (QED) is 0.0725. The summed E-state index contributed by atoms with van der Waals surface area (Å²) in [5, 5.41) is 18.5. The van der Waals surface area contributed by atoms with Crippen LogP contribution in [0.5, 0.6) is 0 Å². The smallest absolute Gasteiger partial charge is 0.465 e. The Hall–Kier alpha value is -4.86. The first-order chi connectivity index (χ1) is 26.6. The van der Waals surface area contributed by atoms with Gasteiger partial charge in [-0.25, -0.2) is 14.2 Å². The van der Waals surface area contributed by atoms with Crippen molar-refractivity contribution in [1.82, 2.24) is 25.8 Å². The first kappa shape index (κ1) is 46.5. The van der Waals surface area contributed by atoms with E-state index in [1.807, 2.05) is 60.7 Å². The molecule has 0 unspecified atom stereocenters. The van der Waals surface area contributed by atoms with E-state index in [-0.39, 0.29) is 19.3 Å². The van der Waals surface area contributed by atoms with E-state index in [2.05, 4.69) is 20.9 Å². The summed E-state index contributed by atoms with van der Waals surface area (Å²) in [6.07, 6.45) is -1.26. The number of likely N-dealkylation sites (N-methyl/N-ethyl adjacent to an activating group) is 1. The molecule has 0 saturated carbocycles. The fourth-order valence-corrected chi connectivity index (χ4v) is 6.64. The lowest BCUT2D eigenvalue weighted by atomic mass is 9.84. The van der Waals surface area contributed by atoms with Gasteiger partial charge in [-0.1, -0.05) is 102 Å². The van der Waals surface area contributed by atoms with E-state index in [1.165, 1.54) is 14.2 Å². The molecule has 1 heterocycles. The van der Waals surface area contributed by atoms with Crippen LogP contribution in [0, 0.1) is 10.8 Å². The van der Waals surface area contributed by atoms with E-state index in [1.54, 1.807) is 59.9 Å². The summed E-state index contributed by atoms with van der Waals surface area (Å²) >= 11 is 0. The number of methoxy groups -OCH3 is 1. The van der Waals surface area contributed by atoms with Crippen LogP contribution in [0.15, 0.2) is 79.0 Å². The molecule has 16 nitrogen and oxygen atoms in total. The molecule has 0 saturated heterocycles. The second-order valence-corrected chi connectivity index (χ2v) is 17.1. The molecule has 0 aliphatic heterocycles. The zero-order chi connectivity index (χ0) is 42.6. The zero-order valence-corrected chi connectivity index (χ0v) is 34.6. The second kappa shape index (κ2) is 20.5. The lowest BCUT2D eigenvalue weighted by molar-refractivity contribution is -0.133. The fourth-order valence-electron chi connectivity index (χ4n) is 6.44. The van der Waals surface area contributed by atoms with Crippen LogP contribution in [-0.2, 0) is 41.0 Å². The molecule has 1 aromatic heterocycles. The Bertz CT molecular complexity index is 1810. The number of hydrogen-bond acceptors (Lipinski definition) is 9. The summed E-state index contributed by atoms with van der Waals surface area (Å²) in [4.78, 5) is 77.1. The summed E-state index contributed by atoms with van der Waals surface area (Å²) in [6.45, 7) is 9.61. The van der Waals surface area contributed by atoms with Crippen LogP contribution < -0.4 is 16.0 Å². The number of rotatable bonds is 18. The Labute approximate surface area is 333 Å². The third-order valence-corrected chi connectivity index (χ3v) is 9.61. The molecule has 5 atom stereocenters. The van der Waals surface area contributed by atoms with Crippen LogP contribution in [0.25, 0.3) is 11.3 Å². The van der Waals surface area contributed by atoms with E-state index >= 15 is 0 Å². The molecule has 0 bridgehead atoms. The average molecular weight is 814 g/mol. The number of phosphoric ester groups is 1. The highest BCUT2D eigenvalue weighted by Gasteiger charge is 2.40. The maximum absolute atomic E-state index is 14.2. The van der Waals surface area contributed by atoms with Crippen LogP contribution in [0.4, 0.5) is 9.59 Å². The van der Waals surface area contributed by atoms with Crippen LogP contribution in [0.2, 0.25) is 0 Å². The molecule has 17 heteroatoms. The van der Waals surface area contributed by atoms with Gasteiger partial charge in [-0.2, -0.15) is 0 Å². The number of pyridine rings is 1. The van der Waals surface area contributed by atoms with Crippen molar-refractivity contribution in [3.63, 3.8) is 0 Å². The van der Waals surface area contributed by atoms with E-state index < -0.39 is 79.7 Å². The van der Waals surface area contributed by atoms with E-state index in [0.29, 0.717) is 0 Å². The van der Waals surface area contributed by atoms with Crippen molar-refractivity contribution in [2.45, 2.75) is 91.1 Å². The first-order valence-electron chi connectivity index (χ1n) is 18.4. The predicted molar refractivity (Wildman–Crippen MR) is 213 cm³/mol. The molecule has 3 rings (SSSR count). The van der Waals surface area contributed by atoms with Gasteiger partial charge in [0.1, 0.15) is 12.1 Å². The number of nitrogens with one attached hydrogen (secondary N) is 3. The van der Waals surface area contributed by atoms with Crippen LogP contribution in [0.3, 0.4) is 0 Å². The summed E-state index contributed by atoms with van der Waals surface area (Å²) in [7, 11) is -2.53. The van der Waals surface area contributed by atoms with Gasteiger partial charge in [0.05, 0.1) is 24.9 Å². The lowest BCUT2D eigenvalue weighted by Crippen LogP contribution is -2.59. The molecule has 0 spiro atoms. The van der Waals surface area contributed by atoms with Crippen LogP contribution in [0.1, 0.15) is 59.1 Å². The van der Waals surface area contributed by atoms with Crippen LogP contribution >= 0.6 is 7.82 Å². The summed E-state index contributed by atoms with van der Waals surface area (Å²) < 4.78 is 27.3. The highest BCUT2D eigenvalue weighted by molar-refractivity contribution is 7.46.